The van der Waals surface area contributed by atoms with Crippen molar-refractivity contribution in [3.8, 4) is 5.75 Å². The molecule has 0 aliphatic carbocycles. The number of aryl methyl sites for hydroxylation is 1. The van der Waals surface area contributed by atoms with Crippen LogP contribution >= 0.6 is 0 Å². The van der Waals surface area contributed by atoms with Gasteiger partial charge in [0.05, 0.1) is 0 Å². The zero-order valence-electron chi connectivity index (χ0n) is 15.4. The van der Waals surface area contributed by atoms with E-state index in [4.69, 9.17) is 0 Å². The van der Waals surface area contributed by atoms with Gasteiger partial charge in [0.15, 0.2) is 0 Å². The van der Waals surface area contributed by atoms with Gasteiger partial charge < -0.3 is 12.0 Å². The zero-order valence-corrected chi connectivity index (χ0v) is 16.8. The molecular formula is C19H32MgO. The third-order valence-corrected chi connectivity index (χ3v) is 3.20. The molecule has 0 aliphatic rings. The topological polar surface area (TPSA) is 23.1 Å². The van der Waals surface area contributed by atoms with E-state index in [2.05, 4.69) is 62.3 Å². The summed E-state index contributed by atoms with van der Waals surface area (Å²) in [6, 6.07) is 4.05. The van der Waals surface area contributed by atoms with E-state index in [9.17, 15) is 5.11 Å². The molecule has 0 radical (unpaired) electrons. The van der Waals surface area contributed by atoms with Gasteiger partial charge in [0.25, 0.3) is 0 Å². The Morgan fingerprint density at radius 2 is 1.24 bits per heavy atom. The van der Waals surface area contributed by atoms with Crippen molar-refractivity contribution in [3.05, 3.63) is 35.7 Å². The Labute approximate surface area is 148 Å². The van der Waals surface area contributed by atoms with Crippen LogP contribution in [0.5, 0.6) is 5.75 Å². The zero-order chi connectivity index (χ0) is 16.1. The second-order valence-electron chi connectivity index (χ2n) is 7.54. The minimum Gasteiger partial charge on any atom is -0.872 e. The summed E-state index contributed by atoms with van der Waals surface area (Å²) >= 11 is 0. The van der Waals surface area contributed by atoms with Gasteiger partial charge in [0.2, 0.25) is 0 Å². The Kier molecular flexibility index (Phi) is 9.93. The number of hydrogen-bond acceptors (Lipinski definition) is 1. The summed E-state index contributed by atoms with van der Waals surface area (Å²) in [7, 11) is 0. The molecule has 0 saturated heterocycles. The van der Waals surface area contributed by atoms with Crippen molar-refractivity contribution in [2.24, 2.45) is 0 Å². The van der Waals surface area contributed by atoms with Gasteiger partial charge in [-0.25, -0.2) is 0 Å². The maximum atomic E-state index is 12.4. The molecule has 0 unspecified atom stereocenters. The predicted molar refractivity (Wildman–Crippen MR) is 94.0 cm³/mol. The number of rotatable bonds is 1. The van der Waals surface area contributed by atoms with Crippen LogP contribution in [0.3, 0.4) is 0 Å². The smallest absolute Gasteiger partial charge is 0.872 e. The number of benzene rings is 1. The van der Waals surface area contributed by atoms with Crippen LogP contribution < -0.4 is 5.11 Å². The van der Waals surface area contributed by atoms with Gasteiger partial charge in [-0.05, 0) is 28.9 Å². The van der Waals surface area contributed by atoms with Crippen molar-refractivity contribution in [2.45, 2.75) is 79.1 Å². The Morgan fingerprint density at radius 1 is 0.952 bits per heavy atom. The molecule has 0 aromatic heterocycles. The summed E-state index contributed by atoms with van der Waals surface area (Å²) < 4.78 is 0. The summed E-state index contributed by atoms with van der Waals surface area (Å²) in [6.45, 7) is 20.3. The van der Waals surface area contributed by atoms with Gasteiger partial charge in [0.1, 0.15) is 0 Å². The quantitative estimate of drug-likeness (QED) is 0.534. The van der Waals surface area contributed by atoms with Gasteiger partial charge in [0, 0.05) is 0 Å². The Morgan fingerprint density at radius 3 is 1.43 bits per heavy atom. The van der Waals surface area contributed by atoms with Crippen molar-refractivity contribution < 1.29 is 5.11 Å². The van der Waals surface area contributed by atoms with Crippen molar-refractivity contribution >= 4 is 23.1 Å². The molecule has 0 bridgehead atoms. The van der Waals surface area contributed by atoms with Crippen LogP contribution in [0.1, 0.15) is 78.0 Å². The van der Waals surface area contributed by atoms with E-state index in [1.807, 2.05) is 12.1 Å². The fraction of sp³-hybridized carbons (Fsp3) is 0.632. The fourth-order valence-corrected chi connectivity index (χ4v) is 1.89. The molecule has 0 heterocycles. The van der Waals surface area contributed by atoms with Crippen LogP contribution in [0.15, 0.2) is 12.1 Å². The first-order valence-electron chi connectivity index (χ1n) is 7.57. The summed E-state index contributed by atoms with van der Waals surface area (Å²) in [5.41, 5.74) is 2.87. The maximum absolute atomic E-state index is 12.4. The van der Waals surface area contributed by atoms with Crippen LogP contribution in [0, 0.1) is 13.8 Å². The molecule has 0 N–H and O–H groups in total. The SMILES string of the molecule is Cc1cc(C(C)(C)C)c([O-])c(C(C)(C)C)c1.[CH2-]CCC.[Mg+2]. The van der Waals surface area contributed by atoms with E-state index in [1.165, 1.54) is 12.0 Å². The van der Waals surface area contributed by atoms with Crippen LogP contribution in [0.2, 0.25) is 0 Å². The average molecular weight is 301 g/mol. The first-order valence-corrected chi connectivity index (χ1v) is 7.57. The summed E-state index contributed by atoms with van der Waals surface area (Å²) in [5.74, 6) is 0.214. The molecule has 116 valence electrons. The van der Waals surface area contributed by atoms with E-state index >= 15 is 0 Å². The van der Waals surface area contributed by atoms with Gasteiger partial charge >= 0.3 is 23.1 Å². The molecule has 1 aromatic carbocycles. The third kappa shape index (κ3) is 7.55. The van der Waals surface area contributed by atoms with Gasteiger partial charge in [-0.1, -0.05) is 72.6 Å². The molecule has 0 amide bonds. The second kappa shape index (κ2) is 9.04. The molecule has 0 saturated carbocycles. The van der Waals surface area contributed by atoms with E-state index in [-0.39, 0.29) is 39.6 Å². The van der Waals surface area contributed by atoms with Gasteiger partial charge in [-0.15, -0.1) is 5.75 Å². The predicted octanol–water partition coefficient (Wildman–Crippen LogP) is 4.90. The summed E-state index contributed by atoms with van der Waals surface area (Å²) in [5, 5.41) is 12.4. The largest absolute Gasteiger partial charge is 2.00 e. The monoisotopic (exact) mass is 300 g/mol. The molecule has 0 atom stereocenters. The number of unbranched alkanes of at least 4 members (excludes halogenated alkanes) is 1. The minimum absolute atomic E-state index is 0. The van der Waals surface area contributed by atoms with Crippen molar-refractivity contribution in [3.63, 3.8) is 0 Å². The van der Waals surface area contributed by atoms with Gasteiger partial charge in [-0.2, -0.15) is 6.42 Å². The molecule has 1 nitrogen and oxygen atoms in total. The Bertz CT molecular complexity index is 385. The molecule has 2 heteroatoms. The number of hydrogen-bond donors (Lipinski definition) is 0. The molecule has 0 aliphatic heterocycles. The minimum atomic E-state index is -0.0803. The van der Waals surface area contributed by atoms with Crippen LogP contribution in [-0.4, -0.2) is 23.1 Å². The molecule has 1 rings (SSSR count). The molecule has 21 heavy (non-hydrogen) atoms. The van der Waals surface area contributed by atoms with E-state index in [0.717, 1.165) is 17.5 Å². The normalized spacial score (nSPS) is 11.3. The first-order chi connectivity index (χ1) is 8.95. The van der Waals surface area contributed by atoms with E-state index in [1.54, 1.807) is 0 Å². The molecule has 0 fully saturated rings. The van der Waals surface area contributed by atoms with Gasteiger partial charge in [-0.3, -0.25) is 0 Å². The molecule has 0 spiro atoms. The molecule has 1 aromatic rings. The summed E-state index contributed by atoms with van der Waals surface area (Å²) in [4.78, 5) is 0. The van der Waals surface area contributed by atoms with Crippen LogP contribution in [0.4, 0.5) is 0 Å². The second-order valence-corrected chi connectivity index (χ2v) is 7.54. The molecular weight excluding hydrogens is 269 g/mol. The Balaban J connectivity index is 0. The standard InChI is InChI=1S/C15H24O.C4H9.Mg/c1-10-8-11(14(2,3)4)13(16)12(9-10)15(5,6)7;1-3-4-2;/h8-9,16H,1-7H3;1,3-4H2,2H3;/q;-1;+2/p-1. The van der Waals surface area contributed by atoms with Crippen LogP contribution in [0.25, 0.3) is 0 Å². The van der Waals surface area contributed by atoms with Crippen molar-refractivity contribution in [2.75, 3.05) is 0 Å². The third-order valence-electron chi connectivity index (χ3n) is 3.20. The van der Waals surface area contributed by atoms with E-state index in [0.29, 0.717) is 0 Å². The maximum Gasteiger partial charge on any atom is 2.00 e. The van der Waals surface area contributed by atoms with Crippen molar-refractivity contribution in [1.29, 1.82) is 0 Å². The van der Waals surface area contributed by atoms with Crippen LogP contribution in [-0.2, 0) is 10.8 Å². The fourth-order valence-electron chi connectivity index (χ4n) is 1.89. The first kappa shape index (κ1) is 23.1. The van der Waals surface area contributed by atoms with E-state index < -0.39 is 0 Å². The Hall–Kier alpha value is -0.214. The average Bonchev–Trinajstić information content (AvgIpc) is 2.29. The summed E-state index contributed by atoms with van der Waals surface area (Å²) in [6.07, 6.45) is 2.28. The van der Waals surface area contributed by atoms with Crippen molar-refractivity contribution in [1.82, 2.24) is 0 Å².